The smallest absolute Gasteiger partial charge is 0.255 e. The van der Waals surface area contributed by atoms with Gasteiger partial charge in [0, 0.05) is 109 Å². The molecule has 0 saturated heterocycles. The van der Waals surface area contributed by atoms with Crippen LogP contribution in [-0.4, -0.2) is 239 Å². The number of nitrogens with zero attached hydrogens (tertiary/aromatic N) is 4. The van der Waals surface area contributed by atoms with Crippen LogP contribution in [-0.2, 0) is 94.2 Å². The minimum absolute atomic E-state index is 0.0447. The summed E-state index contributed by atoms with van der Waals surface area (Å²) in [7, 11) is 13.1. The summed E-state index contributed by atoms with van der Waals surface area (Å²) in [6.45, 7) is 10.8. The minimum atomic E-state index is -2.65. The molecule has 32 heteroatoms. The van der Waals surface area contributed by atoms with E-state index in [4.69, 9.17) is 22.9 Å². The number of benzene rings is 3. The summed E-state index contributed by atoms with van der Waals surface area (Å²) < 4.78 is 0. The molecule has 0 spiro atoms. The second kappa shape index (κ2) is 30.5. The van der Waals surface area contributed by atoms with Crippen LogP contribution >= 0.6 is 11.8 Å². The molecule has 0 radical (unpaired) electrons. The number of rotatable bonds is 18. The maximum Gasteiger partial charge on any atom is 0.255 e. The van der Waals surface area contributed by atoms with Crippen LogP contribution in [0.2, 0.25) is 0 Å². The van der Waals surface area contributed by atoms with Crippen LogP contribution in [0.5, 0.6) is 17.2 Å². The van der Waals surface area contributed by atoms with E-state index in [0.29, 0.717) is 70.8 Å². The maximum absolute atomic E-state index is 14.0. The van der Waals surface area contributed by atoms with E-state index in [9.17, 15) is 104 Å². The number of ketones is 6. The minimum Gasteiger partial charge on any atom is -0.508 e. The number of aromatic hydroxyl groups is 3. The third kappa shape index (κ3) is 12.8. The predicted molar refractivity (Wildman–Crippen MR) is 405 cm³/mol. The largest absolute Gasteiger partial charge is 0.508 e. The number of aliphatic hydroxyl groups is 9. The number of phenols is 3. The molecule has 3 amide bonds. The number of nitrogens with two attached hydrogens (primary N) is 4. The number of primary amides is 3. The number of thioether (sulfide) groups is 1. The zero-order chi connectivity index (χ0) is 81.8. The van der Waals surface area contributed by atoms with Crippen molar-refractivity contribution < 1.29 is 104 Å². The molecule has 22 N–H and O–H groups in total. The van der Waals surface area contributed by atoms with E-state index in [1.807, 2.05) is 58.2 Å². The Labute approximate surface area is 638 Å². The monoisotopic (exact) mass is 1540 g/mol. The van der Waals surface area contributed by atoms with Crippen molar-refractivity contribution in [1.82, 2.24) is 25.3 Å². The highest BCUT2D eigenvalue weighted by atomic mass is 32.2. The van der Waals surface area contributed by atoms with Gasteiger partial charge in [-0.15, -0.1) is 6.58 Å². The number of Topliss-reactive ketones (excluding diaryl/α,β-unsaturated/α-hetero) is 6. The number of fused-ring (bicyclic) bond motifs is 9. The first-order valence-corrected chi connectivity index (χ1v) is 37.3. The summed E-state index contributed by atoms with van der Waals surface area (Å²) >= 11 is 1.46. The molecule has 12 atom stereocenters. The van der Waals surface area contributed by atoms with Crippen LogP contribution in [0, 0.1) is 35.5 Å². The lowest BCUT2D eigenvalue weighted by Gasteiger charge is -2.50. The fourth-order valence-corrected chi connectivity index (χ4v) is 18.8. The highest BCUT2D eigenvalue weighted by Crippen LogP contribution is 2.58. The first-order valence-electron chi connectivity index (χ1n) is 35.9. The molecule has 0 heterocycles. The number of likely N-dealkylation sites (N-methyl/N-ethyl adjacent to an activating group) is 3. The van der Waals surface area contributed by atoms with Crippen molar-refractivity contribution in [3.8, 4) is 17.2 Å². The van der Waals surface area contributed by atoms with Crippen molar-refractivity contribution in [3.05, 3.63) is 143 Å². The van der Waals surface area contributed by atoms with Gasteiger partial charge in [0.25, 0.3) is 17.7 Å². The summed E-state index contributed by atoms with van der Waals surface area (Å²) in [5, 5.41) is 142. The molecular formula is C78H98N10O21S. The average Bonchev–Trinajstić information content (AvgIpc) is 0.708. The van der Waals surface area contributed by atoms with Gasteiger partial charge in [-0.1, -0.05) is 32.9 Å². The van der Waals surface area contributed by atoms with Crippen LogP contribution in [0.3, 0.4) is 0 Å². The highest BCUT2D eigenvalue weighted by molar-refractivity contribution is 7.97. The molecule has 9 aliphatic carbocycles. The first-order chi connectivity index (χ1) is 51.5. The fraction of sp³-hybridized carbons (Fsp3) is 0.474. The van der Waals surface area contributed by atoms with Gasteiger partial charge in [-0.25, -0.2) is 0 Å². The van der Waals surface area contributed by atoms with Crippen molar-refractivity contribution in [3.63, 3.8) is 0 Å². The molecule has 31 nitrogen and oxygen atoms in total. The molecule has 3 saturated carbocycles. The molecule has 12 rings (SSSR count). The first kappa shape index (κ1) is 82.7. The Morgan fingerprint density at radius 1 is 0.536 bits per heavy atom. The van der Waals surface area contributed by atoms with Crippen LogP contribution in [0.25, 0.3) is 17.3 Å². The van der Waals surface area contributed by atoms with Gasteiger partial charge in [0.15, 0.2) is 34.2 Å². The molecular weight excluding hydrogens is 1440 g/mol. The zero-order valence-electron chi connectivity index (χ0n) is 63.3. The van der Waals surface area contributed by atoms with E-state index in [0.717, 1.165) is 11.3 Å². The normalized spacial score (nSPS) is 27.5. The average molecular weight is 1540 g/mol. The van der Waals surface area contributed by atoms with E-state index in [2.05, 4.69) is 17.2 Å². The van der Waals surface area contributed by atoms with Crippen molar-refractivity contribution in [2.24, 2.45) is 58.4 Å². The number of nitrogens with one attached hydrogen (secondary N) is 2. The van der Waals surface area contributed by atoms with Crippen molar-refractivity contribution >= 4 is 87.1 Å². The fourth-order valence-electron chi connectivity index (χ4n) is 18.3. The van der Waals surface area contributed by atoms with Crippen LogP contribution in [0.4, 0.5) is 5.69 Å². The van der Waals surface area contributed by atoms with Crippen LogP contribution < -0.4 is 38.5 Å². The molecule has 3 unspecified atom stereocenters. The Morgan fingerprint density at radius 3 is 1.19 bits per heavy atom. The predicted octanol–water partition coefficient (Wildman–Crippen LogP) is 1.62. The van der Waals surface area contributed by atoms with Gasteiger partial charge < -0.3 is 99.7 Å². The standard InChI is InChI=1S/C27H36N4O7.C27H33N3O7.C24H29N3O7S/c1-11(2)29-10-13-9-16(30(3)4)14-7-12-8-15-20(31(5)6)23(34)19(26(28)37)25(36)27(15,38)24(35)17(12)22(33)18(14)21(13)32;1-5-7-29-11-14-8-12(6-2)15-9-13-10-16-20(30(3)4)23(33)19(26(28)36)25(35)27(16,37)24(34)17(13)22(32)18(15)21(14)31;1-27(2)17-13-6-9-5-12-10(7-25)4-11(8-35-3)18(28)15(12)19(29)14(9)21(31)24(13,34)22(32)16(20(17)30)23(26)33/h9,11-12,15,20,29,32-33,36,38H,7-8,10H2,1-6H3,(H2,28,37);5,8,13,16,20,29,31-32,35,37H,1,6-7,9-11H2,2-4H3,(H2,28,36);4,9,13,17,28-29,32,34H,5-8,25H2,1-3H3,(H2,26,33)/t12?,15?,20-,27+;13-,16-,20-,27-;9-,13-,17?,24-/m100/s1. The second-order valence-electron chi connectivity index (χ2n) is 30.8. The number of hydrogen-bond acceptors (Lipinski definition) is 29. The second-order valence-corrected chi connectivity index (χ2v) is 31.6. The van der Waals surface area contributed by atoms with Gasteiger partial charge in [-0.2, -0.15) is 11.8 Å². The summed E-state index contributed by atoms with van der Waals surface area (Å²) in [5.74, 6) is -19.2. The lowest BCUT2D eigenvalue weighted by atomic mass is 9.57. The molecule has 3 aromatic rings. The summed E-state index contributed by atoms with van der Waals surface area (Å²) in [6, 6.07) is 2.29. The number of carbonyl (C=O) groups is 9. The Hall–Kier alpha value is -9.74. The Balaban J connectivity index is 0.000000176. The number of anilines is 1. The summed E-state index contributed by atoms with van der Waals surface area (Å²) in [4.78, 5) is 124. The third-order valence-corrected chi connectivity index (χ3v) is 23.8. The Bertz CT molecular complexity index is 4720. The van der Waals surface area contributed by atoms with Crippen molar-refractivity contribution in [2.75, 3.05) is 74.1 Å². The van der Waals surface area contributed by atoms with Gasteiger partial charge >= 0.3 is 0 Å². The molecule has 110 heavy (non-hydrogen) atoms. The third-order valence-electron chi connectivity index (χ3n) is 23.2. The number of aryl methyl sites for hydroxylation is 1. The lowest BCUT2D eigenvalue weighted by Crippen LogP contribution is -2.65. The zero-order valence-corrected chi connectivity index (χ0v) is 64.1. The van der Waals surface area contributed by atoms with Crippen LogP contribution in [0.1, 0.15) is 101 Å². The van der Waals surface area contributed by atoms with Crippen molar-refractivity contribution in [2.45, 2.75) is 132 Å². The number of phenolic OH excluding ortho intramolecular Hbond substituents is 3. The molecule has 9 aliphatic rings. The highest BCUT2D eigenvalue weighted by Gasteiger charge is 2.68. The van der Waals surface area contributed by atoms with E-state index in [-0.39, 0.29) is 102 Å². The van der Waals surface area contributed by atoms with Gasteiger partial charge in [-0.05, 0) is 151 Å². The lowest BCUT2D eigenvalue weighted by molar-refractivity contribution is -0.155. The molecule has 592 valence electrons. The summed E-state index contributed by atoms with van der Waals surface area (Å²) in [6.07, 6.45) is 5.06. The Kier molecular flexibility index (Phi) is 22.9. The molecule has 0 bridgehead atoms. The number of carbonyl (C=O) groups excluding carboxylic acids is 9. The topological polar surface area (TPSA) is 537 Å². The number of amides is 3. The number of hydrogen-bond donors (Lipinski definition) is 18. The van der Waals surface area contributed by atoms with Gasteiger partial charge in [0.1, 0.15) is 68.5 Å². The SMILES string of the molecule is C=CCNCc1cc(CC)c2c(c1O)C(O)=C1C(=O)[C@]3(O)C(O)=C(C(N)=O)C(=O)[C@@H](N(C)C)[C@@H]3C[C@@H]1C2.CC(C)NCc1cc(N(C)C)c2c(c1O)C(O)=C1C(=O)[C@]3(O)C(O)=C(C(N)=O)C(=O)[C@H](N(C)C)C3CC1C2.CSCc1cc(CN)c2c(c1O)C(O)=C1C(=O)[C@]3(O)C(O)=C(C(N)=O)C(=O)C(N(C)C)[C@@H]3C[C@@H]1C2. The molecule has 3 fully saturated rings. The van der Waals surface area contributed by atoms with Gasteiger partial charge in [-0.3, -0.25) is 57.9 Å². The van der Waals surface area contributed by atoms with Crippen LogP contribution in [0.15, 0.2) is 81.6 Å². The quantitative estimate of drug-likeness (QED) is 0.0489. The van der Waals surface area contributed by atoms with E-state index in [1.165, 1.54) is 26.5 Å². The summed E-state index contributed by atoms with van der Waals surface area (Å²) in [5.41, 5.74) is 17.3. The van der Waals surface area contributed by atoms with Crippen molar-refractivity contribution in [1.29, 1.82) is 0 Å². The van der Waals surface area contributed by atoms with Gasteiger partial charge in [0.2, 0.25) is 17.3 Å². The Morgan fingerprint density at radius 2 is 0.873 bits per heavy atom. The molecule has 0 aliphatic heterocycles. The number of aliphatic hydroxyl groups excluding tert-OH is 6. The maximum atomic E-state index is 14.0. The molecule has 3 aromatic carbocycles. The van der Waals surface area contributed by atoms with E-state index < -0.39 is 174 Å². The van der Waals surface area contributed by atoms with E-state index in [1.54, 1.807) is 54.4 Å². The van der Waals surface area contributed by atoms with Gasteiger partial charge in [0.05, 0.1) is 34.8 Å². The van der Waals surface area contributed by atoms with E-state index >= 15 is 0 Å². The molecule has 0 aromatic heterocycles.